The van der Waals surface area contributed by atoms with Crippen molar-refractivity contribution in [2.45, 2.75) is 18.4 Å². The number of carbonyl (C=O) groups is 1. The number of aromatic nitrogens is 2. The molecular formula is C20H30IN7O3S. The van der Waals surface area contributed by atoms with Gasteiger partial charge in [0.25, 0.3) is 0 Å². The van der Waals surface area contributed by atoms with Crippen molar-refractivity contribution in [2.75, 3.05) is 45.2 Å². The Morgan fingerprint density at radius 2 is 1.97 bits per heavy atom. The topological polar surface area (TPSA) is 103 Å². The van der Waals surface area contributed by atoms with E-state index >= 15 is 0 Å². The van der Waals surface area contributed by atoms with Crippen LogP contribution in [0.3, 0.4) is 0 Å². The molecule has 0 unspecified atom stereocenters. The standard InChI is InChI=1S/C20H29N7O3S.HI/c1-5-21-20(22-12-16-8-6-7-9-18(16)31(29,30)24(2)3)26-10-11-27(19(28)15-26)17-13-23-25(4)14-17;/h6-9,13-14H,5,10-12,15H2,1-4H3,(H,21,22);1H. The molecule has 12 heteroatoms. The molecule has 1 N–H and O–H groups in total. The number of hydrogen-bond acceptors (Lipinski definition) is 5. The van der Waals surface area contributed by atoms with Crippen LogP contribution in [0, 0.1) is 0 Å². The molecule has 1 aliphatic rings. The van der Waals surface area contributed by atoms with Gasteiger partial charge in [0.1, 0.15) is 6.54 Å². The fraction of sp³-hybridized carbons (Fsp3) is 0.450. The Morgan fingerprint density at radius 3 is 2.56 bits per heavy atom. The van der Waals surface area contributed by atoms with Crippen LogP contribution in [0.25, 0.3) is 0 Å². The summed E-state index contributed by atoms with van der Waals surface area (Å²) in [7, 11) is 1.25. The third-order valence-corrected chi connectivity index (χ3v) is 6.90. The number of guanidine groups is 1. The number of benzene rings is 1. The van der Waals surface area contributed by atoms with E-state index in [0.717, 1.165) is 5.69 Å². The number of halogens is 1. The third kappa shape index (κ3) is 5.78. The van der Waals surface area contributed by atoms with Gasteiger partial charge in [0.05, 0.1) is 23.3 Å². The molecule has 10 nitrogen and oxygen atoms in total. The average Bonchev–Trinajstić information content (AvgIpc) is 3.17. The lowest BCUT2D eigenvalue weighted by Gasteiger charge is -2.35. The van der Waals surface area contributed by atoms with Crippen molar-refractivity contribution in [3.63, 3.8) is 0 Å². The van der Waals surface area contributed by atoms with Gasteiger partial charge in [0, 0.05) is 47.0 Å². The molecule has 0 atom stereocenters. The quantitative estimate of drug-likeness (QED) is 0.315. The van der Waals surface area contributed by atoms with Crippen LogP contribution in [-0.4, -0.2) is 79.5 Å². The summed E-state index contributed by atoms with van der Waals surface area (Å²) in [5, 5.41) is 7.35. The van der Waals surface area contributed by atoms with Crippen LogP contribution in [0.2, 0.25) is 0 Å². The van der Waals surface area contributed by atoms with Crippen LogP contribution >= 0.6 is 24.0 Å². The molecule has 0 spiro atoms. The van der Waals surface area contributed by atoms with Gasteiger partial charge in [-0.15, -0.1) is 24.0 Å². The van der Waals surface area contributed by atoms with Crippen LogP contribution in [0.4, 0.5) is 5.69 Å². The van der Waals surface area contributed by atoms with E-state index in [1.807, 2.05) is 25.1 Å². The summed E-state index contributed by atoms with van der Waals surface area (Å²) in [5.41, 5.74) is 1.38. The zero-order chi connectivity index (χ0) is 22.6. The molecule has 1 aromatic carbocycles. The maximum absolute atomic E-state index is 12.7. The fourth-order valence-electron chi connectivity index (χ4n) is 3.34. The van der Waals surface area contributed by atoms with Gasteiger partial charge in [-0.25, -0.2) is 17.7 Å². The molecule has 1 aromatic heterocycles. The first-order chi connectivity index (χ1) is 14.7. The SMILES string of the molecule is CCNC(=NCc1ccccc1S(=O)(=O)N(C)C)N1CCN(c2cnn(C)c2)C(=O)C1.I. The van der Waals surface area contributed by atoms with Crippen molar-refractivity contribution in [3.8, 4) is 0 Å². The second-order valence-electron chi connectivity index (χ2n) is 7.40. The summed E-state index contributed by atoms with van der Waals surface area (Å²) in [6.07, 6.45) is 3.49. The average molecular weight is 575 g/mol. The normalized spacial score (nSPS) is 15.2. The number of nitrogens with one attached hydrogen (secondary N) is 1. The van der Waals surface area contributed by atoms with Crippen molar-refractivity contribution in [1.82, 2.24) is 24.3 Å². The summed E-state index contributed by atoms with van der Waals surface area (Å²) >= 11 is 0. The van der Waals surface area contributed by atoms with E-state index in [4.69, 9.17) is 0 Å². The first-order valence-corrected chi connectivity index (χ1v) is 11.5. The number of anilines is 1. The molecule has 2 aromatic rings. The van der Waals surface area contributed by atoms with Crippen LogP contribution in [-0.2, 0) is 28.4 Å². The van der Waals surface area contributed by atoms with Gasteiger partial charge in [-0.05, 0) is 18.6 Å². The highest BCUT2D eigenvalue weighted by molar-refractivity contribution is 14.0. The molecule has 0 aliphatic carbocycles. The van der Waals surface area contributed by atoms with Gasteiger partial charge >= 0.3 is 0 Å². The number of nitrogens with zero attached hydrogens (tertiary/aromatic N) is 6. The molecule has 176 valence electrons. The van der Waals surface area contributed by atoms with Crippen molar-refractivity contribution >= 4 is 51.6 Å². The molecule has 2 heterocycles. The lowest BCUT2D eigenvalue weighted by atomic mass is 10.2. The Morgan fingerprint density at radius 1 is 1.25 bits per heavy atom. The number of aliphatic imine (C=N–C) groups is 1. The maximum atomic E-state index is 12.7. The van der Waals surface area contributed by atoms with E-state index in [-0.39, 0.29) is 47.9 Å². The summed E-state index contributed by atoms with van der Waals surface area (Å²) < 4.78 is 28.1. The third-order valence-electron chi connectivity index (χ3n) is 4.99. The zero-order valence-corrected chi connectivity index (χ0v) is 21.9. The molecule has 1 saturated heterocycles. The first-order valence-electron chi connectivity index (χ1n) is 10.1. The molecule has 0 saturated carbocycles. The molecule has 32 heavy (non-hydrogen) atoms. The Kier molecular flexibility index (Phi) is 9.04. The van der Waals surface area contributed by atoms with Gasteiger partial charge < -0.3 is 15.1 Å². The summed E-state index contributed by atoms with van der Waals surface area (Å²) in [5.74, 6) is 0.541. The van der Waals surface area contributed by atoms with Gasteiger partial charge in [-0.1, -0.05) is 18.2 Å². The van der Waals surface area contributed by atoms with Crippen LogP contribution in [0.15, 0.2) is 46.5 Å². The first kappa shape index (κ1) is 26.1. The van der Waals surface area contributed by atoms with Crippen LogP contribution in [0.5, 0.6) is 0 Å². The minimum atomic E-state index is -3.58. The minimum Gasteiger partial charge on any atom is -0.356 e. The second kappa shape index (κ2) is 11.1. The van der Waals surface area contributed by atoms with Crippen molar-refractivity contribution in [2.24, 2.45) is 12.0 Å². The number of amides is 1. The minimum absolute atomic E-state index is 0. The van der Waals surface area contributed by atoms with Gasteiger partial charge in [0.2, 0.25) is 15.9 Å². The number of hydrogen-bond donors (Lipinski definition) is 1. The number of carbonyl (C=O) groups excluding carboxylic acids is 1. The Balaban J connectivity index is 0.00000363. The predicted molar refractivity (Wildman–Crippen MR) is 135 cm³/mol. The van der Waals surface area contributed by atoms with Crippen LogP contribution < -0.4 is 10.2 Å². The molecule has 1 amide bonds. The second-order valence-corrected chi connectivity index (χ2v) is 9.52. The highest BCUT2D eigenvalue weighted by Gasteiger charge is 2.28. The van der Waals surface area contributed by atoms with Gasteiger partial charge in [0.15, 0.2) is 5.96 Å². The van der Waals surface area contributed by atoms with Gasteiger partial charge in [-0.3, -0.25) is 9.48 Å². The van der Waals surface area contributed by atoms with Crippen LogP contribution in [0.1, 0.15) is 12.5 Å². The molecule has 0 bridgehead atoms. The van der Waals surface area contributed by atoms with E-state index in [9.17, 15) is 13.2 Å². The molecule has 1 aliphatic heterocycles. The lowest BCUT2D eigenvalue weighted by Crippen LogP contribution is -2.55. The summed E-state index contributed by atoms with van der Waals surface area (Å²) in [6, 6.07) is 6.84. The predicted octanol–water partition coefficient (Wildman–Crippen LogP) is 1.10. The maximum Gasteiger partial charge on any atom is 0.246 e. The summed E-state index contributed by atoms with van der Waals surface area (Å²) in [6.45, 7) is 4.06. The van der Waals surface area contributed by atoms with Crippen molar-refractivity contribution in [1.29, 1.82) is 0 Å². The smallest absolute Gasteiger partial charge is 0.246 e. The molecule has 3 rings (SSSR count). The monoisotopic (exact) mass is 575 g/mol. The highest BCUT2D eigenvalue weighted by atomic mass is 127. The van der Waals surface area contributed by atoms with E-state index in [2.05, 4.69) is 15.4 Å². The van der Waals surface area contributed by atoms with E-state index in [1.165, 1.54) is 18.4 Å². The number of aryl methyl sites for hydroxylation is 1. The van der Waals surface area contributed by atoms with E-state index in [1.54, 1.807) is 40.0 Å². The number of sulfonamides is 1. The molecular weight excluding hydrogens is 545 g/mol. The molecule has 1 fully saturated rings. The highest BCUT2D eigenvalue weighted by Crippen LogP contribution is 2.20. The van der Waals surface area contributed by atoms with E-state index in [0.29, 0.717) is 31.2 Å². The largest absolute Gasteiger partial charge is 0.356 e. The number of rotatable bonds is 6. The fourth-order valence-corrected chi connectivity index (χ4v) is 4.45. The zero-order valence-electron chi connectivity index (χ0n) is 18.7. The Labute approximate surface area is 206 Å². The van der Waals surface area contributed by atoms with Gasteiger partial charge in [-0.2, -0.15) is 5.10 Å². The van der Waals surface area contributed by atoms with E-state index < -0.39 is 10.0 Å². The molecule has 0 radical (unpaired) electrons. The summed E-state index contributed by atoms with van der Waals surface area (Å²) in [4.78, 5) is 21.2. The van der Waals surface area contributed by atoms with Crippen molar-refractivity contribution < 1.29 is 13.2 Å². The lowest BCUT2D eigenvalue weighted by molar-refractivity contribution is -0.120. The Hall–Kier alpha value is -2.19. The number of piperazine rings is 1. The van der Waals surface area contributed by atoms with Crippen molar-refractivity contribution in [3.05, 3.63) is 42.2 Å². The Bertz CT molecular complexity index is 1070.